The number of tetrazole rings is 2. The number of carboxylic acid groups (broad SMARTS) is 2. The van der Waals surface area contributed by atoms with Gasteiger partial charge in [-0.1, -0.05) is 23.1 Å². The predicted octanol–water partition coefficient (Wildman–Crippen LogP) is -2.92. The lowest BCUT2D eigenvalue weighted by atomic mass is 10.0. The molecule has 0 aliphatic carbocycles. The first-order valence-electron chi connectivity index (χ1n) is 14.8. The van der Waals surface area contributed by atoms with E-state index >= 15 is 0 Å². The highest BCUT2D eigenvalue weighted by atomic mass is 32.2. The summed E-state index contributed by atoms with van der Waals surface area (Å²) in [6, 6.07) is -2.49. The maximum absolute atomic E-state index is 13.7. The number of fused-ring (bicyclic) bond motifs is 1. The molecule has 0 aromatic carbocycles. The molecule has 5 N–H and O–H groups in total. The van der Waals surface area contributed by atoms with Crippen LogP contribution in [0.5, 0.6) is 0 Å². The fourth-order valence-corrected chi connectivity index (χ4v) is 9.55. The molecule has 3 aliphatic heterocycles. The molecule has 0 saturated carbocycles. The van der Waals surface area contributed by atoms with E-state index < -0.39 is 65.1 Å². The van der Waals surface area contributed by atoms with Crippen molar-refractivity contribution in [2.75, 3.05) is 23.9 Å². The maximum Gasteiger partial charge on any atom is 0.354 e. The van der Waals surface area contributed by atoms with Gasteiger partial charge in [0.15, 0.2) is 10.4 Å². The molecule has 3 amide bonds. The number of carbonyl (C=O) groups excluding carboxylic acids is 4. The number of thioether (sulfide) groups is 3. The van der Waals surface area contributed by atoms with Gasteiger partial charge < -0.3 is 30.9 Å². The van der Waals surface area contributed by atoms with Gasteiger partial charge in [0.25, 0.3) is 5.91 Å². The average Bonchev–Trinajstić information content (AvgIpc) is 3.91. The van der Waals surface area contributed by atoms with Gasteiger partial charge in [-0.25, -0.2) is 23.7 Å². The molecule has 1 saturated heterocycles. The Labute approximate surface area is 307 Å². The van der Waals surface area contributed by atoms with Crippen LogP contribution in [-0.4, -0.2) is 148 Å². The number of aliphatic carboxylic acids is 2. The third-order valence-electron chi connectivity index (χ3n) is 7.38. The van der Waals surface area contributed by atoms with E-state index in [1.165, 1.54) is 47.5 Å². The minimum absolute atomic E-state index is 0.0567. The van der Waals surface area contributed by atoms with E-state index in [9.17, 15) is 39.0 Å². The van der Waals surface area contributed by atoms with Crippen molar-refractivity contribution in [3.05, 3.63) is 40.2 Å². The van der Waals surface area contributed by atoms with Gasteiger partial charge in [0, 0.05) is 22.8 Å². The number of β-lactam (4-membered cyclic amide) rings is 1. The highest BCUT2D eigenvalue weighted by molar-refractivity contribution is 8.01. The van der Waals surface area contributed by atoms with Crippen LogP contribution < -0.4 is 16.0 Å². The van der Waals surface area contributed by atoms with Gasteiger partial charge in [0.2, 0.25) is 11.8 Å². The van der Waals surface area contributed by atoms with Gasteiger partial charge in [0.05, 0.1) is 0 Å². The van der Waals surface area contributed by atoms with Crippen LogP contribution in [0, 0.1) is 6.92 Å². The Morgan fingerprint density at radius 2 is 1.71 bits per heavy atom. The van der Waals surface area contributed by atoms with Crippen molar-refractivity contribution in [2.45, 2.75) is 47.2 Å². The van der Waals surface area contributed by atoms with Crippen LogP contribution in [0.4, 0.5) is 0 Å². The van der Waals surface area contributed by atoms with Crippen molar-refractivity contribution >= 4 is 82.3 Å². The number of amides is 3. The Balaban J connectivity index is 1.16. The number of rotatable bonds is 15. The molecule has 0 radical (unpaired) electrons. The van der Waals surface area contributed by atoms with E-state index in [0.29, 0.717) is 9.91 Å². The average molecular weight is 795 g/mol. The number of aryl methyl sites for hydroxylation is 1. The molecule has 3 aromatic rings. The van der Waals surface area contributed by atoms with E-state index in [2.05, 4.69) is 57.2 Å². The van der Waals surface area contributed by atoms with Crippen LogP contribution in [0.25, 0.3) is 0 Å². The summed E-state index contributed by atoms with van der Waals surface area (Å²) in [4.78, 5) is 77.5. The molecule has 27 heteroatoms. The van der Waals surface area contributed by atoms with Gasteiger partial charge in [-0.05, 0) is 33.4 Å². The van der Waals surface area contributed by atoms with Crippen molar-refractivity contribution in [3.63, 3.8) is 0 Å². The number of ether oxygens (including phenoxy) is 1. The molecular formula is C25H26N14O9S4. The minimum Gasteiger partial charge on any atom is -0.480 e. The van der Waals surface area contributed by atoms with Crippen LogP contribution in [0.2, 0.25) is 0 Å². The molecule has 23 nitrogen and oxygen atoms in total. The van der Waals surface area contributed by atoms with E-state index in [-0.39, 0.29) is 47.3 Å². The summed E-state index contributed by atoms with van der Waals surface area (Å²) in [5, 5.41) is 56.0. The molecule has 6 rings (SSSR count). The Hall–Kier alpha value is -5.15. The molecule has 274 valence electrons. The second kappa shape index (κ2) is 16.0. The summed E-state index contributed by atoms with van der Waals surface area (Å²) in [5.41, 5.74) is 0.236. The second-order valence-electron chi connectivity index (χ2n) is 10.9. The SMILES string of the molecule is Cc1nnc(SCC2=C(C(=O)OCC3=C(C(=O)O)N4C(=O)[C@@H](NC(=O)Cn5cnnn5)[C@H]4SC3)N[C@@H]([C@H](NC(=O)Cn3cnnn3)C(=O)O)SC2)s1. The monoisotopic (exact) mass is 794 g/mol. The number of nitrogens with zero attached hydrogens (tertiary/aromatic N) is 11. The van der Waals surface area contributed by atoms with E-state index in [4.69, 9.17) is 4.74 Å². The first kappa shape index (κ1) is 36.6. The number of esters is 1. The van der Waals surface area contributed by atoms with Gasteiger partial charge in [-0.15, -0.1) is 43.9 Å². The Morgan fingerprint density at radius 1 is 1.02 bits per heavy atom. The van der Waals surface area contributed by atoms with Crippen molar-refractivity contribution in [1.29, 1.82) is 0 Å². The summed E-state index contributed by atoms with van der Waals surface area (Å²) in [5.74, 6) is -5.15. The van der Waals surface area contributed by atoms with Gasteiger partial charge >= 0.3 is 17.9 Å². The Kier molecular flexibility index (Phi) is 11.3. The Bertz CT molecular complexity index is 1940. The van der Waals surface area contributed by atoms with Crippen LogP contribution in [0.15, 0.2) is 39.5 Å². The summed E-state index contributed by atoms with van der Waals surface area (Å²) in [6.45, 7) is 0.682. The minimum atomic E-state index is -1.50. The van der Waals surface area contributed by atoms with Crippen LogP contribution in [0.1, 0.15) is 5.01 Å². The fraction of sp³-hybridized carbons (Fsp3) is 0.440. The lowest BCUT2D eigenvalue weighted by Gasteiger charge is -2.49. The van der Waals surface area contributed by atoms with Crippen molar-refractivity contribution in [2.24, 2.45) is 0 Å². The zero-order valence-corrected chi connectivity index (χ0v) is 29.8. The summed E-state index contributed by atoms with van der Waals surface area (Å²) in [7, 11) is 0. The fourth-order valence-electron chi connectivity index (χ4n) is 5.05. The molecule has 0 bridgehead atoms. The topological polar surface area (TPSA) is 304 Å². The van der Waals surface area contributed by atoms with Gasteiger partial charge in [-0.3, -0.25) is 19.3 Å². The molecule has 1 fully saturated rings. The number of carboxylic acids is 2. The zero-order chi connectivity index (χ0) is 36.9. The number of nitrogens with one attached hydrogen (secondary N) is 3. The standard InChI is InChI=1S/C25H26N14O9S4/c1-10-31-32-25(52-10)51-7-12-6-49-19(16(22(43)44)28-13(40)2-37-8-26-33-35-37)30-15(12)24(47)48-4-11-5-50-21-17(20(42)39(21)18(11)23(45)46)29-14(41)3-38-9-27-34-36-38/h8-9,16-17,19,21,30H,2-7H2,1H3,(H,28,40)(H,29,41)(H,43,44)(H,45,46)/t16-,17+,19+,21+/m0/s1. The first-order valence-corrected chi connectivity index (χ1v) is 18.7. The molecule has 0 unspecified atom stereocenters. The highest BCUT2D eigenvalue weighted by Crippen LogP contribution is 2.40. The Morgan fingerprint density at radius 3 is 2.33 bits per heavy atom. The number of carbonyl (C=O) groups is 6. The van der Waals surface area contributed by atoms with Crippen molar-refractivity contribution in [1.82, 2.24) is 71.5 Å². The largest absolute Gasteiger partial charge is 0.480 e. The number of hydrogen-bond donors (Lipinski definition) is 5. The van der Waals surface area contributed by atoms with E-state index in [0.717, 1.165) is 31.0 Å². The van der Waals surface area contributed by atoms with E-state index in [1.807, 2.05) is 0 Å². The van der Waals surface area contributed by atoms with Crippen molar-refractivity contribution < 1.29 is 43.7 Å². The third kappa shape index (κ3) is 8.31. The summed E-state index contributed by atoms with van der Waals surface area (Å²) in [6.07, 6.45) is 2.42. The first-order chi connectivity index (χ1) is 25.0. The van der Waals surface area contributed by atoms with E-state index in [1.54, 1.807) is 6.92 Å². The van der Waals surface area contributed by atoms with Crippen LogP contribution in [0.3, 0.4) is 0 Å². The smallest absolute Gasteiger partial charge is 0.354 e. The zero-order valence-electron chi connectivity index (χ0n) is 26.5. The molecule has 6 heterocycles. The normalized spacial score (nSPS) is 20.4. The number of hydrogen-bond acceptors (Lipinski definition) is 20. The maximum atomic E-state index is 13.7. The summed E-state index contributed by atoms with van der Waals surface area (Å²) < 4.78 is 8.50. The van der Waals surface area contributed by atoms with Gasteiger partial charge in [-0.2, -0.15) is 0 Å². The van der Waals surface area contributed by atoms with Crippen LogP contribution >= 0.6 is 46.6 Å². The quantitative estimate of drug-likeness (QED) is 0.0585. The predicted molar refractivity (Wildman–Crippen MR) is 178 cm³/mol. The lowest BCUT2D eigenvalue weighted by molar-refractivity contribution is -0.151. The van der Waals surface area contributed by atoms with Gasteiger partial charge in [0.1, 0.15) is 65.5 Å². The molecular weight excluding hydrogens is 769 g/mol. The number of aromatic nitrogens is 10. The molecule has 4 atom stereocenters. The van der Waals surface area contributed by atoms with Crippen LogP contribution in [-0.2, 0) is 46.6 Å². The molecule has 3 aliphatic rings. The third-order valence-corrected chi connectivity index (χ3v) is 12.0. The van der Waals surface area contributed by atoms with Crippen molar-refractivity contribution in [3.8, 4) is 0 Å². The summed E-state index contributed by atoms with van der Waals surface area (Å²) >= 11 is 4.98. The molecule has 0 spiro atoms. The second-order valence-corrected chi connectivity index (χ2v) is 15.6. The lowest BCUT2D eigenvalue weighted by Crippen LogP contribution is -2.70. The molecule has 52 heavy (non-hydrogen) atoms. The molecule has 3 aromatic heterocycles. The highest BCUT2D eigenvalue weighted by Gasteiger charge is 2.54.